The van der Waals surface area contributed by atoms with Crippen LogP contribution in [0.2, 0.25) is 5.02 Å². The molecular weight excluding hydrogens is 280 g/mol. The maximum absolute atomic E-state index is 11.7. The molecule has 0 aliphatic heterocycles. The zero-order chi connectivity index (χ0) is 13.8. The molecule has 1 N–H and O–H groups in total. The Morgan fingerprint density at radius 1 is 1.32 bits per heavy atom. The van der Waals surface area contributed by atoms with E-state index in [1.165, 1.54) is 11.8 Å². The first-order valence-electron chi connectivity index (χ1n) is 6.07. The number of benzene rings is 1. The monoisotopic (exact) mass is 294 g/mol. The van der Waals surface area contributed by atoms with Crippen LogP contribution < -0.4 is 5.56 Å². The Kier molecular flexibility index (Phi) is 4.66. The maximum Gasteiger partial charge on any atom is 0.254 e. The molecule has 1 aromatic heterocycles. The summed E-state index contributed by atoms with van der Waals surface area (Å²) in [5, 5.41) is 1.39. The number of thioether (sulfide) groups is 1. The number of rotatable bonds is 4. The molecule has 1 heterocycles. The molecule has 0 radical (unpaired) electrons. The zero-order valence-corrected chi connectivity index (χ0v) is 12.4. The van der Waals surface area contributed by atoms with Gasteiger partial charge >= 0.3 is 0 Å². The lowest BCUT2D eigenvalue weighted by Gasteiger charge is -2.05. The van der Waals surface area contributed by atoms with E-state index in [9.17, 15) is 4.79 Å². The third kappa shape index (κ3) is 3.61. The van der Waals surface area contributed by atoms with E-state index in [4.69, 9.17) is 11.6 Å². The van der Waals surface area contributed by atoms with Gasteiger partial charge in [0.2, 0.25) is 0 Å². The number of hydrogen-bond donors (Lipinski definition) is 1. The molecule has 0 bridgehead atoms. The van der Waals surface area contributed by atoms with E-state index in [0.29, 0.717) is 10.7 Å². The van der Waals surface area contributed by atoms with Crippen molar-refractivity contribution in [2.45, 2.75) is 31.2 Å². The first-order valence-corrected chi connectivity index (χ1v) is 7.43. The SMILES string of the molecule is CCc1nc(SCc2ccc(Cl)cc2)[nH]c(=O)c1C. The van der Waals surface area contributed by atoms with Crippen LogP contribution in [0.3, 0.4) is 0 Å². The molecule has 0 spiro atoms. The molecule has 0 aliphatic carbocycles. The number of halogens is 1. The Morgan fingerprint density at radius 3 is 2.63 bits per heavy atom. The molecule has 2 aromatic rings. The Labute approximate surface area is 121 Å². The first-order chi connectivity index (χ1) is 9.10. The summed E-state index contributed by atoms with van der Waals surface area (Å²) in [7, 11) is 0. The largest absolute Gasteiger partial charge is 0.301 e. The lowest BCUT2D eigenvalue weighted by Crippen LogP contribution is -2.15. The number of aromatic nitrogens is 2. The van der Waals surface area contributed by atoms with Gasteiger partial charge in [-0.15, -0.1) is 0 Å². The summed E-state index contributed by atoms with van der Waals surface area (Å²) in [5.41, 5.74) is 2.67. The Balaban J connectivity index is 2.13. The van der Waals surface area contributed by atoms with Gasteiger partial charge in [0.1, 0.15) is 0 Å². The fourth-order valence-corrected chi connectivity index (χ4v) is 2.66. The summed E-state index contributed by atoms with van der Waals surface area (Å²) in [6.07, 6.45) is 0.768. The van der Waals surface area contributed by atoms with Gasteiger partial charge in [0.25, 0.3) is 5.56 Å². The van der Waals surface area contributed by atoms with Crippen molar-refractivity contribution in [3.63, 3.8) is 0 Å². The average molecular weight is 295 g/mol. The molecule has 1 aromatic carbocycles. The highest BCUT2D eigenvalue weighted by Crippen LogP contribution is 2.20. The number of aromatic amines is 1. The molecule has 0 atom stereocenters. The highest BCUT2D eigenvalue weighted by molar-refractivity contribution is 7.98. The molecule has 2 rings (SSSR count). The van der Waals surface area contributed by atoms with E-state index in [1.807, 2.05) is 31.2 Å². The summed E-state index contributed by atoms with van der Waals surface area (Å²) in [6.45, 7) is 3.81. The smallest absolute Gasteiger partial charge is 0.254 e. The first kappa shape index (κ1) is 14.2. The molecule has 19 heavy (non-hydrogen) atoms. The Morgan fingerprint density at radius 2 is 2.00 bits per heavy atom. The van der Waals surface area contributed by atoms with E-state index in [-0.39, 0.29) is 5.56 Å². The van der Waals surface area contributed by atoms with Gasteiger partial charge in [-0.1, -0.05) is 42.4 Å². The lowest BCUT2D eigenvalue weighted by atomic mass is 10.2. The molecule has 0 amide bonds. The highest BCUT2D eigenvalue weighted by Gasteiger charge is 2.06. The standard InChI is InChI=1S/C14H15ClN2OS/c1-3-12-9(2)13(18)17-14(16-12)19-8-10-4-6-11(15)7-5-10/h4-7H,3,8H2,1-2H3,(H,16,17,18). The van der Waals surface area contributed by atoms with Crippen LogP contribution in [0.25, 0.3) is 0 Å². The minimum Gasteiger partial charge on any atom is -0.301 e. The van der Waals surface area contributed by atoms with Crippen LogP contribution in [-0.4, -0.2) is 9.97 Å². The van der Waals surface area contributed by atoms with Gasteiger partial charge in [0.15, 0.2) is 5.16 Å². The highest BCUT2D eigenvalue weighted by atomic mass is 35.5. The average Bonchev–Trinajstić information content (AvgIpc) is 2.41. The van der Waals surface area contributed by atoms with Gasteiger partial charge in [-0.3, -0.25) is 4.79 Å². The van der Waals surface area contributed by atoms with Crippen molar-refractivity contribution in [2.24, 2.45) is 0 Å². The van der Waals surface area contributed by atoms with Gasteiger partial charge < -0.3 is 4.98 Å². The van der Waals surface area contributed by atoms with Crippen molar-refractivity contribution in [1.82, 2.24) is 9.97 Å². The molecule has 0 fully saturated rings. The van der Waals surface area contributed by atoms with E-state index in [0.717, 1.165) is 28.5 Å². The Bertz CT molecular complexity index is 622. The molecule has 0 unspecified atom stereocenters. The predicted octanol–water partition coefficient (Wildman–Crippen LogP) is 3.59. The van der Waals surface area contributed by atoms with Crippen LogP contribution in [-0.2, 0) is 12.2 Å². The van der Waals surface area contributed by atoms with Crippen LogP contribution in [0.4, 0.5) is 0 Å². The van der Waals surface area contributed by atoms with Crippen LogP contribution in [0.1, 0.15) is 23.7 Å². The predicted molar refractivity (Wildman–Crippen MR) is 80.0 cm³/mol. The minimum atomic E-state index is -0.0505. The minimum absolute atomic E-state index is 0.0505. The number of H-pyrrole nitrogens is 1. The topological polar surface area (TPSA) is 45.8 Å². The summed E-state index contributed by atoms with van der Waals surface area (Å²) in [5.74, 6) is 0.756. The van der Waals surface area contributed by atoms with Crippen LogP contribution in [0, 0.1) is 6.92 Å². The normalized spacial score (nSPS) is 10.7. The van der Waals surface area contributed by atoms with Crippen LogP contribution in [0.5, 0.6) is 0 Å². The molecule has 5 heteroatoms. The zero-order valence-electron chi connectivity index (χ0n) is 10.9. The lowest BCUT2D eigenvalue weighted by molar-refractivity contribution is 0.847. The van der Waals surface area contributed by atoms with Gasteiger partial charge in [-0.25, -0.2) is 4.98 Å². The maximum atomic E-state index is 11.7. The quantitative estimate of drug-likeness (QED) is 0.692. The van der Waals surface area contributed by atoms with Crippen molar-refractivity contribution in [2.75, 3.05) is 0 Å². The summed E-state index contributed by atoms with van der Waals surface area (Å²) in [4.78, 5) is 19.0. The van der Waals surface area contributed by atoms with E-state index in [2.05, 4.69) is 9.97 Å². The van der Waals surface area contributed by atoms with Crippen molar-refractivity contribution >= 4 is 23.4 Å². The van der Waals surface area contributed by atoms with Crippen molar-refractivity contribution < 1.29 is 0 Å². The fraction of sp³-hybridized carbons (Fsp3) is 0.286. The number of aryl methyl sites for hydroxylation is 1. The number of hydrogen-bond acceptors (Lipinski definition) is 3. The Hall–Kier alpha value is -1.26. The fourth-order valence-electron chi connectivity index (χ4n) is 1.70. The third-order valence-corrected chi connectivity index (χ3v) is 4.05. The van der Waals surface area contributed by atoms with Crippen molar-refractivity contribution in [3.8, 4) is 0 Å². The molecular formula is C14H15ClN2OS. The van der Waals surface area contributed by atoms with Crippen molar-refractivity contribution in [3.05, 3.63) is 56.5 Å². The number of nitrogens with zero attached hydrogens (tertiary/aromatic N) is 1. The van der Waals surface area contributed by atoms with Crippen molar-refractivity contribution in [1.29, 1.82) is 0 Å². The molecule has 0 saturated heterocycles. The van der Waals surface area contributed by atoms with Gasteiger partial charge in [0, 0.05) is 16.3 Å². The molecule has 3 nitrogen and oxygen atoms in total. The van der Waals surface area contributed by atoms with E-state index >= 15 is 0 Å². The third-order valence-electron chi connectivity index (χ3n) is 2.85. The van der Waals surface area contributed by atoms with Crippen LogP contribution >= 0.6 is 23.4 Å². The summed E-state index contributed by atoms with van der Waals surface area (Å²) in [6, 6.07) is 7.67. The summed E-state index contributed by atoms with van der Waals surface area (Å²) < 4.78 is 0. The molecule has 100 valence electrons. The second-order valence-electron chi connectivity index (χ2n) is 4.21. The number of nitrogens with one attached hydrogen (secondary N) is 1. The van der Waals surface area contributed by atoms with Gasteiger partial charge in [-0.05, 0) is 31.0 Å². The van der Waals surface area contributed by atoms with Crippen LogP contribution in [0.15, 0.2) is 34.2 Å². The second-order valence-corrected chi connectivity index (χ2v) is 5.61. The molecule has 0 aliphatic rings. The van der Waals surface area contributed by atoms with E-state index < -0.39 is 0 Å². The second kappa shape index (κ2) is 6.26. The van der Waals surface area contributed by atoms with Gasteiger partial charge in [-0.2, -0.15) is 0 Å². The van der Waals surface area contributed by atoms with E-state index in [1.54, 1.807) is 6.92 Å². The summed E-state index contributed by atoms with van der Waals surface area (Å²) >= 11 is 7.36. The molecule has 0 saturated carbocycles. The van der Waals surface area contributed by atoms with Gasteiger partial charge in [0.05, 0.1) is 5.69 Å².